The van der Waals surface area contributed by atoms with Crippen molar-refractivity contribution in [2.75, 3.05) is 6.54 Å². The van der Waals surface area contributed by atoms with Gasteiger partial charge in [-0.1, -0.05) is 41.9 Å². The highest BCUT2D eigenvalue weighted by Crippen LogP contribution is 2.24. The Morgan fingerprint density at radius 2 is 2.25 bits per heavy atom. The molecule has 0 bridgehead atoms. The number of halogens is 1. The van der Waals surface area contributed by atoms with Gasteiger partial charge >= 0.3 is 0 Å². The van der Waals surface area contributed by atoms with Crippen LogP contribution in [0.15, 0.2) is 35.1 Å². The number of hydrogen-bond acceptors (Lipinski definition) is 4. The van der Waals surface area contributed by atoms with Crippen molar-refractivity contribution in [3.8, 4) is 0 Å². The molecule has 0 aliphatic carbocycles. The molecule has 1 N–H and O–H groups in total. The number of rotatable bonds is 5. The molecule has 1 aromatic heterocycles. The summed E-state index contributed by atoms with van der Waals surface area (Å²) in [5.74, 6) is -0.111. The Bertz CT molecular complexity index is 582. The summed E-state index contributed by atoms with van der Waals surface area (Å²) < 4.78 is 2.42. The molecule has 0 saturated heterocycles. The molecule has 1 heterocycles. The predicted octanol–water partition coefficient (Wildman–Crippen LogP) is 1.53. The molecule has 20 heavy (non-hydrogen) atoms. The zero-order chi connectivity index (χ0) is 14.6. The van der Waals surface area contributed by atoms with Gasteiger partial charge in [0.2, 0.25) is 5.91 Å². The summed E-state index contributed by atoms with van der Waals surface area (Å²) in [6.07, 6.45) is 1.42. The van der Waals surface area contributed by atoms with Gasteiger partial charge in [0.05, 0.1) is 0 Å². The molecule has 0 fully saturated rings. The monoisotopic (exact) mass is 337 g/mol. The maximum atomic E-state index is 11.8. The number of benzene rings is 1. The van der Waals surface area contributed by atoms with Gasteiger partial charge in [-0.15, -0.1) is 5.10 Å². The molecular weight excluding hydrogens is 322 g/mol. The third-order valence-corrected chi connectivity index (χ3v) is 3.52. The fourth-order valence-electron chi connectivity index (χ4n) is 1.79. The number of carbonyl (C=O) groups is 1. The van der Waals surface area contributed by atoms with E-state index in [9.17, 15) is 4.79 Å². The van der Waals surface area contributed by atoms with Crippen molar-refractivity contribution in [3.05, 3.63) is 40.6 Å². The van der Waals surface area contributed by atoms with Gasteiger partial charge in [-0.3, -0.25) is 4.79 Å². The highest BCUT2D eigenvalue weighted by molar-refractivity contribution is 9.10. The van der Waals surface area contributed by atoms with E-state index in [4.69, 9.17) is 0 Å². The van der Waals surface area contributed by atoms with E-state index in [1.807, 2.05) is 12.1 Å². The van der Waals surface area contributed by atoms with E-state index in [0.29, 0.717) is 6.54 Å². The SMILES string of the molecule is CC(C)(CNC(=O)Cn1cnnn1)c1cccc(Br)c1. The van der Waals surface area contributed by atoms with Crippen LogP contribution in [0.5, 0.6) is 0 Å². The number of nitrogens with zero attached hydrogens (tertiary/aromatic N) is 4. The molecule has 0 radical (unpaired) electrons. The summed E-state index contributed by atoms with van der Waals surface area (Å²) in [4.78, 5) is 11.8. The molecule has 0 spiro atoms. The molecule has 2 rings (SSSR count). The summed E-state index contributed by atoms with van der Waals surface area (Å²) in [5, 5.41) is 13.5. The van der Waals surface area contributed by atoms with E-state index in [1.165, 1.54) is 11.0 Å². The molecule has 0 aliphatic heterocycles. The first-order valence-corrected chi connectivity index (χ1v) is 7.00. The lowest BCUT2D eigenvalue weighted by Gasteiger charge is -2.25. The molecule has 0 saturated carbocycles. The number of amides is 1. The van der Waals surface area contributed by atoms with Gasteiger partial charge in [0.25, 0.3) is 0 Å². The third-order valence-electron chi connectivity index (χ3n) is 3.03. The molecule has 0 atom stereocenters. The van der Waals surface area contributed by atoms with E-state index >= 15 is 0 Å². The van der Waals surface area contributed by atoms with Gasteiger partial charge in [0, 0.05) is 16.4 Å². The Morgan fingerprint density at radius 3 is 2.90 bits per heavy atom. The van der Waals surface area contributed by atoms with Crippen LogP contribution in [0.25, 0.3) is 0 Å². The lowest BCUT2D eigenvalue weighted by Crippen LogP contribution is -2.38. The second-order valence-corrected chi connectivity index (χ2v) is 6.09. The van der Waals surface area contributed by atoms with Crippen LogP contribution in [-0.4, -0.2) is 32.7 Å². The molecule has 1 aromatic carbocycles. The minimum absolute atomic E-state index is 0.111. The van der Waals surface area contributed by atoms with Crippen molar-refractivity contribution in [1.82, 2.24) is 25.5 Å². The standard InChI is InChI=1S/C13H16BrN5O/c1-13(2,10-4-3-5-11(14)6-10)8-15-12(20)7-19-9-16-17-18-19/h3-6,9H,7-8H2,1-2H3,(H,15,20). The van der Waals surface area contributed by atoms with Gasteiger partial charge in [-0.2, -0.15) is 0 Å². The molecule has 6 nitrogen and oxygen atoms in total. The van der Waals surface area contributed by atoms with Crippen LogP contribution in [-0.2, 0) is 16.8 Å². The van der Waals surface area contributed by atoms with Crippen molar-refractivity contribution >= 4 is 21.8 Å². The smallest absolute Gasteiger partial charge is 0.241 e. The second kappa shape index (κ2) is 6.13. The summed E-state index contributed by atoms with van der Waals surface area (Å²) in [5.41, 5.74) is 1.01. The average molecular weight is 338 g/mol. The highest BCUT2D eigenvalue weighted by atomic mass is 79.9. The van der Waals surface area contributed by atoms with E-state index in [-0.39, 0.29) is 17.9 Å². The van der Waals surface area contributed by atoms with Crippen molar-refractivity contribution in [2.24, 2.45) is 0 Å². The Kier molecular flexibility index (Phi) is 4.49. The first-order chi connectivity index (χ1) is 9.47. The summed E-state index contributed by atoms with van der Waals surface area (Å²) in [6, 6.07) is 8.09. The first kappa shape index (κ1) is 14.6. The topological polar surface area (TPSA) is 72.7 Å². The Hall–Kier alpha value is -1.76. The third kappa shape index (κ3) is 3.86. The molecule has 0 aliphatic rings. The summed E-state index contributed by atoms with van der Waals surface area (Å²) >= 11 is 3.46. The largest absolute Gasteiger partial charge is 0.354 e. The number of nitrogens with one attached hydrogen (secondary N) is 1. The predicted molar refractivity (Wildman–Crippen MR) is 78.0 cm³/mol. The molecule has 1 amide bonds. The van der Waals surface area contributed by atoms with Crippen LogP contribution < -0.4 is 5.32 Å². The maximum absolute atomic E-state index is 11.8. The number of hydrogen-bond donors (Lipinski definition) is 1. The van der Waals surface area contributed by atoms with Crippen molar-refractivity contribution in [3.63, 3.8) is 0 Å². The van der Waals surface area contributed by atoms with Gasteiger partial charge in [0.15, 0.2) is 0 Å². The van der Waals surface area contributed by atoms with Crippen LogP contribution in [0.3, 0.4) is 0 Å². The normalized spacial score (nSPS) is 11.3. The van der Waals surface area contributed by atoms with E-state index in [0.717, 1.165) is 10.0 Å². The number of carbonyl (C=O) groups excluding carboxylic acids is 1. The van der Waals surface area contributed by atoms with Crippen LogP contribution >= 0.6 is 15.9 Å². The number of tetrazole rings is 1. The fraction of sp³-hybridized carbons (Fsp3) is 0.385. The first-order valence-electron chi connectivity index (χ1n) is 6.21. The highest BCUT2D eigenvalue weighted by Gasteiger charge is 2.21. The van der Waals surface area contributed by atoms with Crippen LogP contribution in [0.2, 0.25) is 0 Å². The zero-order valence-corrected chi connectivity index (χ0v) is 13.0. The van der Waals surface area contributed by atoms with Gasteiger partial charge in [0.1, 0.15) is 12.9 Å². The Labute approximate surface area is 125 Å². The maximum Gasteiger partial charge on any atom is 0.241 e. The lowest BCUT2D eigenvalue weighted by molar-refractivity contribution is -0.122. The number of aromatic nitrogens is 4. The zero-order valence-electron chi connectivity index (χ0n) is 11.4. The molecule has 106 valence electrons. The Morgan fingerprint density at radius 1 is 1.45 bits per heavy atom. The summed E-state index contributed by atoms with van der Waals surface area (Å²) in [7, 11) is 0. The molecule has 2 aromatic rings. The van der Waals surface area contributed by atoms with Crippen LogP contribution in [0, 0.1) is 0 Å². The van der Waals surface area contributed by atoms with E-state index < -0.39 is 0 Å². The Balaban J connectivity index is 1.93. The van der Waals surface area contributed by atoms with Crippen molar-refractivity contribution in [2.45, 2.75) is 25.8 Å². The van der Waals surface area contributed by atoms with Crippen LogP contribution in [0.4, 0.5) is 0 Å². The second-order valence-electron chi connectivity index (χ2n) is 5.18. The van der Waals surface area contributed by atoms with Gasteiger partial charge in [-0.25, -0.2) is 4.68 Å². The van der Waals surface area contributed by atoms with Crippen LogP contribution in [0.1, 0.15) is 19.4 Å². The fourth-order valence-corrected chi connectivity index (χ4v) is 2.19. The van der Waals surface area contributed by atoms with Gasteiger partial charge in [-0.05, 0) is 28.1 Å². The molecule has 7 heteroatoms. The van der Waals surface area contributed by atoms with Gasteiger partial charge < -0.3 is 5.32 Å². The van der Waals surface area contributed by atoms with Crippen molar-refractivity contribution in [1.29, 1.82) is 0 Å². The molecular formula is C13H16BrN5O. The molecule has 0 unspecified atom stereocenters. The van der Waals surface area contributed by atoms with E-state index in [2.05, 4.69) is 62.8 Å². The van der Waals surface area contributed by atoms with Crippen molar-refractivity contribution < 1.29 is 4.79 Å². The minimum atomic E-state index is -0.153. The quantitative estimate of drug-likeness (QED) is 0.897. The minimum Gasteiger partial charge on any atom is -0.354 e. The summed E-state index contributed by atoms with van der Waals surface area (Å²) in [6.45, 7) is 4.85. The average Bonchev–Trinajstić information content (AvgIpc) is 2.89. The van der Waals surface area contributed by atoms with E-state index in [1.54, 1.807) is 0 Å². The lowest BCUT2D eigenvalue weighted by atomic mass is 9.84.